The van der Waals surface area contributed by atoms with Crippen LogP contribution >= 0.6 is 11.6 Å². The molecule has 0 amide bonds. The van der Waals surface area contributed by atoms with Crippen molar-refractivity contribution in [3.8, 4) is 0 Å². The van der Waals surface area contributed by atoms with E-state index in [9.17, 15) is 4.79 Å². The second kappa shape index (κ2) is 19.1. The third-order valence-corrected chi connectivity index (χ3v) is 5.58. The zero-order valence-corrected chi connectivity index (χ0v) is 20.9. The Labute approximate surface area is 185 Å². The Kier molecular flexibility index (Phi) is 18.6. The van der Waals surface area contributed by atoms with Gasteiger partial charge in [-0.3, -0.25) is 4.79 Å². The summed E-state index contributed by atoms with van der Waals surface area (Å²) in [7, 11) is -1.61. The van der Waals surface area contributed by atoms with Gasteiger partial charge in [-0.15, -0.1) is 11.6 Å². The minimum absolute atomic E-state index is 0.156. The van der Waals surface area contributed by atoms with Crippen molar-refractivity contribution >= 4 is 25.9 Å². The van der Waals surface area contributed by atoms with Gasteiger partial charge < -0.3 is 9.16 Å². The van der Waals surface area contributed by atoms with Gasteiger partial charge in [0.2, 0.25) is 0 Å². The molecule has 0 spiro atoms. The van der Waals surface area contributed by atoms with Crippen molar-refractivity contribution in [2.45, 2.75) is 96.9 Å². The average Bonchev–Trinajstić information content (AvgIpc) is 2.67. The fraction of sp³-hybridized carbons (Fsp3) is 0.708. The Balaban J connectivity index is 3.58. The van der Waals surface area contributed by atoms with E-state index in [1.54, 1.807) is 0 Å². The van der Waals surface area contributed by atoms with Crippen LogP contribution in [-0.4, -0.2) is 32.9 Å². The Morgan fingerprint density at radius 2 is 1.48 bits per heavy atom. The first-order valence-corrected chi connectivity index (χ1v) is 15.2. The van der Waals surface area contributed by atoms with E-state index in [4.69, 9.17) is 20.8 Å². The number of hydrogen-bond donors (Lipinski definition) is 0. The lowest BCUT2D eigenvalue weighted by Gasteiger charge is -2.22. The number of unbranched alkanes of at least 4 members (excludes halogenated alkanes) is 5. The number of alkyl halides is 1. The Bertz CT molecular complexity index is 481. The van der Waals surface area contributed by atoms with Crippen molar-refractivity contribution in [1.82, 2.24) is 0 Å². The molecule has 0 N–H and O–H groups in total. The number of esters is 1. The first-order chi connectivity index (χ1) is 13.9. The van der Waals surface area contributed by atoms with Crippen molar-refractivity contribution < 1.29 is 14.0 Å². The molecule has 0 bridgehead atoms. The summed E-state index contributed by atoms with van der Waals surface area (Å²) in [5.74, 6) is 0.131. The molecule has 0 aromatic carbocycles. The van der Waals surface area contributed by atoms with Gasteiger partial charge in [-0.05, 0) is 58.2 Å². The van der Waals surface area contributed by atoms with Gasteiger partial charge in [0, 0.05) is 6.42 Å². The van der Waals surface area contributed by atoms with Crippen LogP contribution < -0.4 is 0 Å². The van der Waals surface area contributed by atoms with E-state index < -0.39 is 8.32 Å². The molecule has 3 nitrogen and oxygen atoms in total. The summed E-state index contributed by atoms with van der Waals surface area (Å²) in [5, 5.41) is 0. The molecule has 0 aromatic rings. The van der Waals surface area contributed by atoms with Crippen LogP contribution in [0, 0.1) is 0 Å². The van der Waals surface area contributed by atoms with E-state index in [2.05, 4.69) is 63.0 Å². The van der Waals surface area contributed by atoms with Crippen molar-refractivity contribution in [3.63, 3.8) is 0 Å². The van der Waals surface area contributed by atoms with Crippen molar-refractivity contribution in [2.75, 3.05) is 12.5 Å². The van der Waals surface area contributed by atoms with Crippen molar-refractivity contribution in [1.29, 1.82) is 0 Å². The number of rotatable bonds is 18. The molecular formula is C24H43ClO3Si. The minimum atomic E-state index is -1.61. The van der Waals surface area contributed by atoms with Gasteiger partial charge in [0.05, 0.1) is 12.5 Å². The number of carbonyl (C=O) groups is 1. The maximum atomic E-state index is 11.9. The van der Waals surface area contributed by atoms with E-state index >= 15 is 0 Å². The molecule has 1 atom stereocenters. The zero-order chi connectivity index (χ0) is 21.8. The maximum Gasteiger partial charge on any atom is 0.306 e. The van der Waals surface area contributed by atoms with Crippen LogP contribution in [0.3, 0.4) is 0 Å². The second-order valence-electron chi connectivity index (χ2n) is 8.29. The lowest BCUT2D eigenvalue weighted by Crippen LogP contribution is -2.33. The summed E-state index contributed by atoms with van der Waals surface area (Å²) < 4.78 is 11.2. The SMILES string of the molecule is CC/C=C\C/C=C\C/C=C\CCCCCCCC(=O)OC(CCl)CO[Si](C)(C)C. The summed E-state index contributed by atoms with van der Waals surface area (Å²) in [6, 6.07) is 0. The molecule has 0 radical (unpaired) electrons. The van der Waals surface area contributed by atoms with Crippen molar-refractivity contribution in [3.05, 3.63) is 36.5 Å². The number of carbonyl (C=O) groups excluding carboxylic acids is 1. The van der Waals surface area contributed by atoms with Gasteiger partial charge in [-0.2, -0.15) is 0 Å². The van der Waals surface area contributed by atoms with E-state index in [-0.39, 0.29) is 18.0 Å². The Hall–Kier alpha value is -0.843. The largest absolute Gasteiger partial charge is 0.459 e. The van der Waals surface area contributed by atoms with Crippen LogP contribution in [0.15, 0.2) is 36.5 Å². The third kappa shape index (κ3) is 21.7. The smallest absolute Gasteiger partial charge is 0.306 e. The highest BCUT2D eigenvalue weighted by atomic mass is 35.5. The fourth-order valence-corrected chi connectivity index (χ4v) is 3.42. The van der Waals surface area contributed by atoms with E-state index in [0.717, 1.165) is 38.5 Å². The van der Waals surface area contributed by atoms with Gasteiger partial charge >= 0.3 is 5.97 Å². The molecule has 5 heteroatoms. The van der Waals surface area contributed by atoms with Crippen LogP contribution in [0.25, 0.3) is 0 Å². The van der Waals surface area contributed by atoms with Gasteiger partial charge in [0.1, 0.15) is 6.10 Å². The fourth-order valence-electron chi connectivity index (χ4n) is 2.59. The summed E-state index contributed by atoms with van der Waals surface area (Å²) >= 11 is 5.88. The molecule has 0 heterocycles. The first-order valence-electron chi connectivity index (χ1n) is 11.2. The molecule has 168 valence electrons. The molecule has 0 aliphatic carbocycles. The van der Waals surface area contributed by atoms with Gasteiger partial charge in [-0.1, -0.05) is 62.6 Å². The summed E-state index contributed by atoms with van der Waals surface area (Å²) in [6.07, 6.45) is 23.4. The molecule has 0 aromatic heterocycles. The number of hydrogen-bond acceptors (Lipinski definition) is 3. The Morgan fingerprint density at radius 3 is 2.10 bits per heavy atom. The van der Waals surface area contributed by atoms with Crippen LogP contribution in [0.4, 0.5) is 0 Å². The second-order valence-corrected chi connectivity index (χ2v) is 13.1. The number of ether oxygens (including phenoxy) is 1. The standard InChI is InChI=1S/C24H43ClO3Si/c1-5-6-7-8-9-10-11-12-13-14-15-16-17-18-19-20-24(26)28-23(21-25)22-27-29(2,3)4/h6-7,9-10,12-13,23H,5,8,11,14-22H2,1-4H3/b7-6-,10-9-,13-12-. The molecule has 0 fully saturated rings. The molecule has 1 unspecified atom stereocenters. The van der Waals surface area contributed by atoms with Gasteiger partial charge in [0.25, 0.3) is 0 Å². The Morgan fingerprint density at radius 1 is 0.897 bits per heavy atom. The molecule has 0 saturated carbocycles. The highest BCUT2D eigenvalue weighted by molar-refractivity contribution is 6.69. The molecular weight excluding hydrogens is 400 g/mol. The summed E-state index contributed by atoms with van der Waals surface area (Å²) in [4.78, 5) is 11.9. The zero-order valence-electron chi connectivity index (χ0n) is 19.1. The van der Waals surface area contributed by atoms with Crippen LogP contribution in [0.2, 0.25) is 19.6 Å². The normalized spacial score (nSPS) is 13.7. The molecule has 0 saturated heterocycles. The highest BCUT2D eigenvalue weighted by Gasteiger charge is 2.19. The van der Waals surface area contributed by atoms with E-state index in [1.807, 2.05) is 0 Å². The topological polar surface area (TPSA) is 35.5 Å². The van der Waals surface area contributed by atoms with Crippen LogP contribution in [0.5, 0.6) is 0 Å². The maximum absolute atomic E-state index is 11.9. The molecule has 0 aliphatic rings. The predicted molar refractivity (Wildman–Crippen MR) is 129 cm³/mol. The van der Waals surface area contributed by atoms with Crippen LogP contribution in [0.1, 0.15) is 71.1 Å². The van der Waals surface area contributed by atoms with E-state index in [1.165, 1.54) is 19.3 Å². The number of allylic oxidation sites excluding steroid dienone is 6. The first kappa shape index (κ1) is 28.2. The summed E-state index contributed by atoms with van der Waals surface area (Å²) in [5.41, 5.74) is 0. The van der Waals surface area contributed by atoms with E-state index in [0.29, 0.717) is 13.0 Å². The molecule has 0 aliphatic heterocycles. The summed E-state index contributed by atoms with van der Waals surface area (Å²) in [6.45, 7) is 8.90. The van der Waals surface area contributed by atoms with Crippen molar-refractivity contribution in [2.24, 2.45) is 0 Å². The quantitative estimate of drug-likeness (QED) is 0.0721. The number of halogens is 1. The lowest BCUT2D eigenvalue weighted by molar-refractivity contribution is -0.149. The monoisotopic (exact) mass is 442 g/mol. The van der Waals surface area contributed by atoms with Crippen LogP contribution in [-0.2, 0) is 14.0 Å². The molecule has 29 heavy (non-hydrogen) atoms. The average molecular weight is 443 g/mol. The highest BCUT2D eigenvalue weighted by Crippen LogP contribution is 2.11. The minimum Gasteiger partial charge on any atom is -0.459 e. The third-order valence-electron chi connectivity index (χ3n) is 4.20. The lowest BCUT2D eigenvalue weighted by atomic mass is 10.1. The van der Waals surface area contributed by atoms with Gasteiger partial charge in [-0.25, -0.2) is 0 Å². The molecule has 0 rings (SSSR count). The predicted octanol–water partition coefficient (Wildman–Crippen LogP) is 7.58. The van der Waals surface area contributed by atoms with Gasteiger partial charge in [0.15, 0.2) is 8.32 Å².